The first-order valence-electron chi connectivity index (χ1n) is 7.47. The zero-order chi connectivity index (χ0) is 17.4. The van der Waals surface area contributed by atoms with Crippen LogP contribution in [-0.2, 0) is 13.1 Å². The SMILES string of the molecule is CN=C(NCc1ccccn1)NCc1cc(C)ccc1OC(F)F.I. The molecule has 0 unspecified atom stereocenters. The van der Waals surface area contributed by atoms with Crippen molar-refractivity contribution in [2.45, 2.75) is 26.6 Å². The van der Waals surface area contributed by atoms with Gasteiger partial charge in [-0.25, -0.2) is 0 Å². The molecule has 0 fully saturated rings. The van der Waals surface area contributed by atoms with E-state index in [1.807, 2.05) is 25.1 Å². The van der Waals surface area contributed by atoms with E-state index in [1.165, 1.54) is 0 Å². The number of pyridine rings is 1. The van der Waals surface area contributed by atoms with Crippen LogP contribution in [0.2, 0.25) is 0 Å². The second-order valence-electron chi connectivity index (χ2n) is 5.09. The number of benzene rings is 1. The average Bonchev–Trinajstić information content (AvgIpc) is 2.58. The maximum absolute atomic E-state index is 12.5. The third-order valence-electron chi connectivity index (χ3n) is 3.27. The Morgan fingerprint density at radius 2 is 1.96 bits per heavy atom. The maximum Gasteiger partial charge on any atom is 0.387 e. The number of aryl methyl sites for hydroxylation is 1. The van der Waals surface area contributed by atoms with Gasteiger partial charge in [0.25, 0.3) is 0 Å². The highest BCUT2D eigenvalue weighted by Gasteiger charge is 2.10. The monoisotopic (exact) mass is 462 g/mol. The largest absolute Gasteiger partial charge is 0.434 e. The number of halogens is 3. The van der Waals surface area contributed by atoms with E-state index in [9.17, 15) is 8.78 Å². The molecule has 0 aliphatic rings. The molecular formula is C17H21F2IN4O. The predicted molar refractivity (Wildman–Crippen MR) is 105 cm³/mol. The Bertz CT molecular complexity index is 684. The normalized spacial score (nSPS) is 11.0. The zero-order valence-corrected chi connectivity index (χ0v) is 16.3. The Morgan fingerprint density at radius 1 is 1.20 bits per heavy atom. The molecule has 0 spiro atoms. The van der Waals surface area contributed by atoms with Gasteiger partial charge >= 0.3 is 6.61 Å². The van der Waals surface area contributed by atoms with Crippen molar-refractivity contribution < 1.29 is 13.5 Å². The molecule has 136 valence electrons. The standard InChI is InChI=1S/C17H20F2N4O.HI/c1-12-6-7-15(24-16(18)19)13(9-12)10-22-17(20-2)23-11-14-5-3-4-8-21-14;/h3-9,16H,10-11H2,1-2H3,(H2,20,22,23);1H. The number of hydrogen-bond acceptors (Lipinski definition) is 3. The van der Waals surface area contributed by atoms with E-state index in [2.05, 4.69) is 25.3 Å². The minimum absolute atomic E-state index is 0. The van der Waals surface area contributed by atoms with Crippen LogP contribution in [0.1, 0.15) is 16.8 Å². The molecule has 8 heteroatoms. The summed E-state index contributed by atoms with van der Waals surface area (Å²) in [5.74, 6) is 0.702. The Labute approximate surface area is 162 Å². The second-order valence-corrected chi connectivity index (χ2v) is 5.09. The quantitative estimate of drug-likeness (QED) is 0.392. The van der Waals surface area contributed by atoms with Gasteiger partial charge in [-0.1, -0.05) is 23.8 Å². The lowest BCUT2D eigenvalue weighted by Crippen LogP contribution is -2.36. The minimum atomic E-state index is -2.85. The van der Waals surface area contributed by atoms with Crippen molar-refractivity contribution in [1.82, 2.24) is 15.6 Å². The summed E-state index contributed by atoms with van der Waals surface area (Å²) in [5, 5.41) is 6.20. The molecule has 0 bridgehead atoms. The maximum atomic E-state index is 12.5. The van der Waals surface area contributed by atoms with Crippen molar-refractivity contribution in [3.63, 3.8) is 0 Å². The molecule has 1 aromatic heterocycles. The number of nitrogens with one attached hydrogen (secondary N) is 2. The molecule has 0 saturated carbocycles. The van der Waals surface area contributed by atoms with Crippen LogP contribution in [0.25, 0.3) is 0 Å². The summed E-state index contributed by atoms with van der Waals surface area (Å²) < 4.78 is 29.5. The number of nitrogens with zero attached hydrogens (tertiary/aromatic N) is 2. The average molecular weight is 462 g/mol. The molecule has 0 aliphatic carbocycles. The number of rotatable bonds is 6. The van der Waals surface area contributed by atoms with E-state index in [-0.39, 0.29) is 29.7 Å². The third-order valence-corrected chi connectivity index (χ3v) is 3.27. The van der Waals surface area contributed by atoms with Gasteiger partial charge in [0.15, 0.2) is 5.96 Å². The van der Waals surface area contributed by atoms with Crippen LogP contribution in [0.3, 0.4) is 0 Å². The zero-order valence-electron chi connectivity index (χ0n) is 14.0. The van der Waals surface area contributed by atoms with E-state index in [0.29, 0.717) is 24.6 Å². The van der Waals surface area contributed by atoms with Crippen molar-refractivity contribution in [2.24, 2.45) is 4.99 Å². The van der Waals surface area contributed by atoms with Crippen LogP contribution in [0, 0.1) is 6.92 Å². The van der Waals surface area contributed by atoms with Gasteiger partial charge in [0.05, 0.1) is 12.2 Å². The lowest BCUT2D eigenvalue weighted by molar-refractivity contribution is -0.0504. The highest BCUT2D eigenvalue weighted by Crippen LogP contribution is 2.21. The van der Waals surface area contributed by atoms with E-state index in [0.717, 1.165) is 11.3 Å². The van der Waals surface area contributed by atoms with Gasteiger partial charge in [0, 0.05) is 25.4 Å². The van der Waals surface area contributed by atoms with Gasteiger partial charge in [-0.15, -0.1) is 24.0 Å². The van der Waals surface area contributed by atoms with Gasteiger partial charge in [0.1, 0.15) is 5.75 Å². The van der Waals surface area contributed by atoms with Gasteiger partial charge in [0.2, 0.25) is 0 Å². The highest BCUT2D eigenvalue weighted by atomic mass is 127. The first-order valence-corrected chi connectivity index (χ1v) is 7.47. The van der Waals surface area contributed by atoms with Crippen molar-refractivity contribution in [1.29, 1.82) is 0 Å². The molecule has 2 aromatic rings. The van der Waals surface area contributed by atoms with Crippen LogP contribution >= 0.6 is 24.0 Å². The molecule has 1 aromatic carbocycles. The smallest absolute Gasteiger partial charge is 0.387 e. The van der Waals surface area contributed by atoms with Crippen LogP contribution in [-0.4, -0.2) is 24.6 Å². The number of hydrogen-bond donors (Lipinski definition) is 2. The number of aromatic nitrogens is 1. The van der Waals surface area contributed by atoms with Gasteiger partial charge in [-0.3, -0.25) is 9.98 Å². The Morgan fingerprint density at radius 3 is 2.60 bits per heavy atom. The summed E-state index contributed by atoms with van der Waals surface area (Å²) in [5.41, 5.74) is 2.47. The third kappa shape index (κ3) is 7.20. The number of alkyl halides is 2. The van der Waals surface area contributed by atoms with Crippen molar-refractivity contribution in [2.75, 3.05) is 7.05 Å². The van der Waals surface area contributed by atoms with Crippen LogP contribution in [0.5, 0.6) is 5.75 Å². The Hall–Kier alpha value is -1.97. The predicted octanol–water partition coefficient (Wildman–Crippen LogP) is 3.47. The first kappa shape index (κ1) is 21.1. The van der Waals surface area contributed by atoms with E-state index >= 15 is 0 Å². The lowest BCUT2D eigenvalue weighted by atomic mass is 10.1. The van der Waals surface area contributed by atoms with Gasteiger partial charge in [-0.2, -0.15) is 8.78 Å². The van der Waals surface area contributed by atoms with E-state index in [1.54, 1.807) is 31.4 Å². The highest BCUT2D eigenvalue weighted by molar-refractivity contribution is 14.0. The number of aliphatic imine (C=N–C) groups is 1. The topological polar surface area (TPSA) is 58.5 Å². The van der Waals surface area contributed by atoms with E-state index in [4.69, 9.17) is 0 Å². The van der Waals surface area contributed by atoms with Crippen molar-refractivity contribution in [3.05, 3.63) is 59.4 Å². The van der Waals surface area contributed by atoms with Crippen LogP contribution in [0.4, 0.5) is 8.78 Å². The second kappa shape index (κ2) is 10.8. The summed E-state index contributed by atoms with van der Waals surface area (Å²) >= 11 is 0. The fraction of sp³-hybridized carbons (Fsp3) is 0.294. The van der Waals surface area contributed by atoms with E-state index < -0.39 is 6.61 Å². The van der Waals surface area contributed by atoms with Crippen molar-refractivity contribution in [3.8, 4) is 5.75 Å². The van der Waals surface area contributed by atoms with Crippen molar-refractivity contribution >= 4 is 29.9 Å². The molecule has 0 radical (unpaired) electrons. The molecular weight excluding hydrogens is 441 g/mol. The number of guanidine groups is 1. The number of ether oxygens (including phenoxy) is 1. The molecule has 0 amide bonds. The fourth-order valence-electron chi connectivity index (χ4n) is 2.13. The Kier molecular flexibility index (Phi) is 9.11. The molecule has 5 nitrogen and oxygen atoms in total. The summed E-state index contributed by atoms with van der Waals surface area (Å²) in [4.78, 5) is 8.32. The van der Waals surface area contributed by atoms with Crippen LogP contribution < -0.4 is 15.4 Å². The molecule has 2 rings (SSSR count). The van der Waals surface area contributed by atoms with Gasteiger partial charge < -0.3 is 15.4 Å². The minimum Gasteiger partial charge on any atom is -0.434 e. The molecule has 0 saturated heterocycles. The summed E-state index contributed by atoms with van der Waals surface area (Å²) in [6.07, 6.45) is 1.72. The summed E-state index contributed by atoms with van der Waals surface area (Å²) in [6.45, 7) is -0.141. The lowest BCUT2D eigenvalue weighted by Gasteiger charge is -2.15. The van der Waals surface area contributed by atoms with Gasteiger partial charge in [-0.05, 0) is 25.1 Å². The molecule has 0 aliphatic heterocycles. The summed E-state index contributed by atoms with van der Waals surface area (Å²) in [6, 6.07) is 10.7. The van der Waals surface area contributed by atoms with Crippen LogP contribution in [0.15, 0.2) is 47.6 Å². The molecule has 0 atom stereocenters. The Balaban J connectivity index is 0.00000312. The summed E-state index contributed by atoms with van der Waals surface area (Å²) in [7, 11) is 1.64. The molecule has 2 N–H and O–H groups in total. The first-order chi connectivity index (χ1) is 11.6. The fourth-order valence-corrected chi connectivity index (χ4v) is 2.13. The molecule has 1 heterocycles. The molecule has 25 heavy (non-hydrogen) atoms.